The minimum atomic E-state index is 0.219. The zero-order chi connectivity index (χ0) is 33.5. The van der Waals surface area contributed by atoms with Gasteiger partial charge in [-0.05, 0) is 95.4 Å². The van der Waals surface area contributed by atoms with Crippen molar-refractivity contribution in [1.82, 2.24) is 9.88 Å². The van der Waals surface area contributed by atoms with E-state index in [1.54, 1.807) is 12.3 Å². The van der Waals surface area contributed by atoms with Gasteiger partial charge in [0.2, 0.25) is 0 Å². The van der Waals surface area contributed by atoms with Crippen molar-refractivity contribution in [3.05, 3.63) is 181 Å². The monoisotopic (exact) mass is 624 g/mol. The summed E-state index contributed by atoms with van der Waals surface area (Å²) in [6.45, 7) is 7.88. The van der Waals surface area contributed by atoms with Crippen molar-refractivity contribution in [3.8, 4) is 16.8 Å². The Balaban J connectivity index is 0.000000284. The molecule has 1 aromatic heterocycles. The van der Waals surface area contributed by atoms with Crippen LogP contribution >= 0.6 is 0 Å². The maximum Gasteiger partial charge on any atom is 0.0709 e. The highest BCUT2D eigenvalue weighted by molar-refractivity contribution is 6.19. The third kappa shape index (κ3) is 6.42. The summed E-state index contributed by atoms with van der Waals surface area (Å²) in [5, 5.41) is 15.9. The first-order valence-electron chi connectivity index (χ1n) is 16.2. The van der Waals surface area contributed by atoms with E-state index >= 15 is 0 Å². The van der Waals surface area contributed by atoms with E-state index in [1.807, 2.05) is 43.5 Å². The predicted molar refractivity (Wildman–Crippen MR) is 208 cm³/mol. The molecule has 4 heteroatoms. The largest absolute Gasteiger partial charge is 0.404 e. The summed E-state index contributed by atoms with van der Waals surface area (Å²) in [6, 6.07) is 37.2. The molecule has 48 heavy (non-hydrogen) atoms. The average molecular weight is 625 g/mol. The zero-order valence-corrected chi connectivity index (χ0v) is 27.4. The summed E-state index contributed by atoms with van der Waals surface area (Å²) in [4.78, 5) is 0. The van der Waals surface area contributed by atoms with E-state index in [0.29, 0.717) is 0 Å². The molecule has 1 unspecified atom stereocenters. The number of aryl methyl sites for hydroxylation is 1. The van der Waals surface area contributed by atoms with E-state index in [0.717, 1.165) is 22.3 Å². The Morgan fingerprint density at radius 1 is 0.854 bits per heavy atom. The van der Waals surface area contributed by atoms with Crippen LogP contribution in [0.3, 0.4) is 0 Å². The van der Waals surface area contributed by atoms with E-state index in [2.05, 4.69) is 133 Å². The summed E-state index contributed by atoms with van der Waals surface area (Å²) in [5.74, 6) is 0. The lowest BCUT2D eigenvalue weighted by atomic mass is 9.97. The Morgan fingerprint density at radius 2 is 1.60 bits per heavy atom. The molecule has 0 aliphatic carbocycles. The number of benzene rings is 5. The Hall–Kier alpha value is -6.13. The van der Waals surface area contributed by atoms with Gasteiger partial charge in [0.1, 0.15) is 0 Å². The van der Waals surface area contributed by atoms with Gasteiger partial charge in [-0.2, -0.15) is 0 Å². The second kappa shape index (κ2) is 14.5. The minimum Gasteiger partial charge on any atom is -0.404 e. The first-order chi connectivity index (χ1) is 23.6. The van der Waals surface area contributed by atoms with Gasteiger partial charge in [0.25, 0.3) is 0 Å². The number of allylic oxidation sites excluding steroid dienone is 6. The smallest absolute Gasteiger partial charge is 0.0709 e. The molecule has 0 bridgehead atoms. The predicted octanol–water partition coefficient (Wildman–Crippen LogP) is 10.6. The molecule has 5 aromatic carbocycles. The van der Waals surface area contributed by atoms with E-state index in [1.165, 1.54) is 55.6 Å². The molecule has 0 amide bonds. The average Bonchev–Trinajstić information content (AvgIpc) is 3.47. The lowest BCUT2D eigenvalue weighted by molar-refractivity contribution is 0.798. The maximum absolute atomic E-state index is 7.66. The second-order valence-corrected chi connectivity index (χ2v) is 11.7. The highest BCUT2D eigenvalue weighted by Gasteiger charge is 2.15. The molecule has 236 valence electrons. The fourth-order valence-electron chi connectivity index (χ4n) is 6.29. The van der Waals surface area contributed by atoms with Gasteiger partial charge >= 0.3 is 0 Å². The number of aromatic nitrogens is 1. The van der Waals surface area contributed by atoms with Crippen LogP contribution in [0, 0.1) is 12.3 Å². The molecule has 1 aliphatic rings. The van der Waals surface area contributed by atoms with Gasteiger partial charge in [-0.1, -0.05) is 122 Å². The minimum absolute atomic E-state index is 0.219. The lowest BCUT2D eigenvalue weighted by Gasteiger charge is -2.16. The van der Waals surface area contributed by atoms with Crippen LogP contribution in [0.1, 0.15) is 18.1 Å². The van der Waals surface area contributed by atoms with Gasteiger partial charge in [-0.15, -0.1) is 0 Å². The summed E-state index contributed by atoms with van der Waals surface area (Å²) < 4.78 is 2.40. The molecule has 1 atom stereocenters. The summed E-state index contributed by atoms with van der Waals surface area (Å²) in [6.07, 6.45) is 18.5. The number of rotatable bonds is 7. The van der Waals surface area contributed by atoms with Crippen LogP contribution in [-0.2, 0) is 0 Å². The molecule has 6 aromatic rings. The van der Waals surface area contributed by atoms with Crippen molar-refractivity contribution >= 4 is 44.4 Å². The van der Waals surface area contributed by atoms with Crippen molar-refractivity contribution in [2.45, 2.75) is 19.9 Å². The number of nitrogens with zero attached hydrogens (tertiary/aromatic N) is 1. The molecule has 0 radical (unpaired) electrons. The van der Waals surface area contributed by atoms with Crippen molar-refractivity contribution in [2.24, 2.45) is 5.73 Å². The SMILES string of the molecule is C/C=C\C(=C/N)C1C=CC=CN1.C=C/C=C(\C=N)c1ccc(-c2ccc3c(ccc4c5ccc(C)cc5n(-c5ccccc5)c34)c2)cc1. The van der Waals surface area contributed by atoms with Gasteiger partial charge in [-0.25, -0.2) is 0 Å². The van der Waals surface area contributed by atoms with E-state index in [9.17, 15) is 0 Å². The molecule has 1 aliphatic heterocycles. The number of para-hydroxylation sites is 1. The molecule has 0 saturated carbocycles. The Morgan fingerprint density at radius 3 is 2.29 bits per heavy atom. The van der Waals surface area contributed by atoms with Gasteiger partial charge in [0.15, 0.2) is 0 Å². The fourth-order valence-corrected chi connectivity index (χ4v) is 6.29. The first kappa shape index (κ1) is 31.8. The van der Waals surface area contributed by atoms with Crippen LogP contribution in [-0.4, -0.2) is 16.8 Å². The Bertz CT molecular complexity index is 2260. The van der Waals surface area contributed by atoms with Crippen LogP contribution in [0.5, 0.6) is 0 Å². The van der Waals surface area contributed by atoms with Crippen LogP contribution in [0.25, 0.3) is 55.0 Å². The molecule has 0 saturated heterocycles. The summed E-state index contributed by atoms with van der Waals surface area (Å²) >= 11 is 0. The van der Waals surface area contributed by atoms with E-state index in [4.69, 9.17) is 11.1 Å². The second-order valence-electron chi connectivity index (χ2n) is 11.7. The molecule has 4 nitrogen and oxygen atoms in total. The van der Waals surface area contributed by atoms with Gasteiger partial charge < -0.3 is 21.0 Å². The molecule has 0 fully saturated rings. The topological polar surface area (TPSA) is 66.8 Å². The highest BCUT2D eigenvalue weighted by Crippen LogP contribution is 2.38. The molecular weight excluding hydrogens is 585 g/mol. The Labute approximate surface area is 282 Å². The standard InChI is InChI=1S/C34H26N2.C10H14N2/c1-3-7-28(22-35)25-13-11-24(12-14-25)26-15-18-30-27(21-26)16-19-32-31-17-10-23(2)20-33(31)36(34(30)32)29-8-5-4-6-9-29;1-2-5-9(8-11)10-6-3-4-7-12-10/h3-22,35H,1H2,2H3;2-8,10,12H,11H2,1H3/b28-7+,35-22?;5-2-,9-8+. The van der Waals surface area contributed by atoms with Crippen LogP contribution in [0.15, 0.2) is 170 Å². The summed E-state index contributed by atoms with van der Waals surface area (Å²) in [7, 11) is 0. The molecule has 7 rings (SSSR count). The van der Waals surface area contributed by atoms with Gasteiger partial charge in [0, 0.05) is 28.1 Å². The third-order valence-corrected chi connectivity index (χ3v) is 8.62. The van der Waals surface area contributed by atoms with Crippen LogP contribution in [0.4, 0.5) is 0 Å². The molecular formula is C44H40N4. The number of hydrogen-bond acceptors (Lipinski definition) is 3. The number of nitrogens with one attached hydrogen (secondary N) is 2. The maximum atomic E-state index is 7.66. The first-order valence-corrected chi connectivity index (χ1v) is 16.2. The zero-order valence-electron chi connectivity index (χ0n) is 27.4. The van der Waals surface area contributed by atoms with Crippen molar-refractivity contribution in [1.29, 1.82) is 5.41 Å². The molecule has 2 heterocycles. The van der Waals surface area contributed by atoms with Crippen molar-refractivity contribution in [2.75, 3.05) is 0 Å². The van der Waals surface area contributed by atoms with E-state index < -0.39 is 0 Å². The lowest BCUT2D eigenvalue weighted by Crippen LogP contribution is -2.25. The highest BCUT2D eigenvalue weighted by atomic mass is 15.0. The van der Waals surface area contributed by atoms with Crippen molar-refractivity contribution in [3.63, 3.8) is 0 Å². The third-order valence-electron chi connectivity index (χ3n) is 8.62. The van der Waals surface area contributed by atoms with E-state index in [-0.39, 0.29) is 6.04 Å². The van der Waals surface area contributed by atoms with Gasteiger partial charge in [0.05, 0.1) is 17.1 Å². The fraction of sp³-hybridized carbons (Fsp3) is 0.0682. The normalized spacial score (nSPS) is 14.7. The van der Waals surface area contributed by atoms with Gasteiger partial charge in [-0.3, -0.25) is 0 Å². The van der Waals surface area contributed by atoms with Crippen LogP contribution < -0.4 is 11.1 Å². The number of fused-ring (bicyclic) bond motifs is 5. The Kier molecular flexibility index (Phi) is 9.64. The van der Waals surface area contributed by atoms with Crippen molar-refractivity contribution < 1.29 is 0 Å². The number of nitrogens with two attached hydrogens (primary N) is 1. The number of dihydropyridines is 1. The quantitative estimate of drug-likeness (QED) is 0.122. The number of hydrogen-bond donors (Lipinski definition) is 3. The molecule has 0 spiro atoms. The van der Waals surface area contributed by atoms with Crippen LogP contribution in [0.2, 0.25) is 0 Å². The summed E-state index contributed by atoms with van der Waals surface area (Å²) in [5.41, 5.74) is 15.7. The molecule has 4 N–H and O–H groups in total.